The van der Waals surface area contributed by atoms with Crippen LogP contribution in [0.2, 0.25) is 0 Å². The molecule has 0 aliphatic heterocycles. The van der Waals surface area contributed by atoms with Crippen molar-refractivity contribution >= 4 is 5.91 Å². The van der Waals surface area contributed by atoms with Gasteiger partial charge in [0.2, 0.25) is 5.91 Å². The van der Waals surface area contributed by atoms with E-state index < -0.39 is 11.6 Å². The summed E-state index contributed by atoms with van der Waals surface area (Å²) in [5.74, 6) is -0.494. The third-order valence-electron chi connectivity index (χ3n) is 3.06. The number of aryl methyl sites for hydroxylation is 1. The number of hydrogen-bond donors (Lipinski definition) is 2. The Kier molecular flexibility index (Phi) is 3.84. The van der Waals surface area contributed by atoms with Gasteiger partial charge in [-0.15, -0.1) is 0 Å². The van der Waals surface area contributed by atoms with Crippen LogP contribution in [-0.4, -0.2) is 15.5 Å². The number of nitrogens with zero attached hydrogens (tertiary/aromatic N) is 1. The standard InChI is InChI=1S/C14H15N3O3/c1-2-10-8-17(14(20)16-13(10)19)7-9-3-5-11(6-4-9)12(15)18/h3-6,8H,2,7H2,1H3,(H2,15,18)(H,16,19,20). The van der Waals surface area contributed by atoms with Gasteiger partial charge in [-0.3, -0.25) is 19.1 Å². The minimum atomic E-state index is -0.494. The molecule has 104 valence electrons. The summed E-state index contributed by atoms with van der Waals surface area (Å²) >= 11 is 0. The maximum absolute atomic E-state index is 11.7. The highest BCUT2D eigenvalue weighted by atomic mass is 16.2. The van der Waals surface area contributed by atoms with E-state index in [9.17, 15) is 14.4 Å². The minimum absolute atomic E-state index is 0.321. The normalized spacial score (nSPS) is 10.4. The van der Waals surface area contributed by atoms with E-state index in [2.05, 4.69) is 4.98 Å². The molecule has 0 aliphatic carbocycles. The maximum atomic E-state index is 11.7. The molecule has 0 fully saturated rings. The van der Waals surface area contributed by atoms with Crippen LogP contribution in [0.5, 0.6) is 0 Å². The van der Waals surface area contributed by atoms with E-state index in [1.54, 1.807) is 30.5 Å². The van der Waals surface area contributed by atoms with Gasteiger partial charge >= 0.3 is 5.69 Å². The van der Waals surface area contributed by atoms with Crippen LogP contribution in [-0.2, 0) is 13.0 Å². The number of aromatic amines is 1. The van der Waals surface area contributed by atoms with Gasteiger partial charge in [0.25, 0.3) is 5.56 Å². The Labute approximate surface area is 114 Å². The molecule has 20 heavy (non-hydrogen) atoms. The summed E-state index contributed by atoms with van der Waals surface area (Å²) in [6.45, 7) is 2.17. The van der Waals surface area contributed by atoms with E-state index in [-0.39, 0.29) is 5.56 Å². The summed E-state index contributed by atoms with van der Waals surface area (Å²) in [6.07, 6.45) is 2.11. The van der Waals surface area contributed by atoms with Gasteiger partial charge in [0.05, 0.1) is 6.54 Å². The number of nitrogens with one attached hydrogen (secondary N) is 1. The third kappa shape index (κ3) is 2.85. The van der Waals surface area contributed by atoms with E-state index in [0.29, 0.717) is 24.1 Å². The molecule has 1 amide bonds. The third-order valence-corrected chi connectivity index (χ3v) is 3.06. The summed E-state index contributed by atoms with van der Waals surface area (Å²) < 4.78 is 1.43. The molecular formula is C14H15N3O3. The van der Waals surface area contributed by atoms with Crippen molar-refractivity contribution in [3.63, 3.8) is 0 Å². The lowest BCUT2D eigenvalue weighted by atomic mass is 10.1. The highest BCUT2D eigenvalue weighted by molar-refractivity contribution is 5.92. The number of benzene rings is 1. The molecule has 6 heteroatoms. The zero-order chi connectivity index (χ0) is 14.7. The van der Waals surface area contributed by atoms with Crippen molar-refractivity contribution in [2.75, 3.05) is 0 Å². The maximum Gasteiger partial charge on any atom is 0.328 e. The summed E-state index contributed by atoms with van der Waals surface area (Å²) in [4.78, 5) is 36.5. The quantitative estimate of drug-likeness (QED) is 0.835. The Balaban J connectivity index is 2.32. The number of hydrogen-bond acceptors (Lipinski definition) is 3. The molecule has 0 saturated carbocycles. The van der Waals surface area contributed by atoms with E-state index in [1.165, 1.54) is 4.57 Å². The van der Waals surface area contributed by atoms with Gasteiger partial charge < -0.3 is 5.73 Å². The fraction of sp³-hybridized carbons (Fsp3) is 0.214. The van der Waals surface area contributed by atoms with Gasteiger partial charge in [-0.25, -0.2) is 4.79 Å². The van der Waals surface area contributed by atoms with Crippen molar-refractivity contribution in [2.24, 2.45) is 5.73 Å². The molecule has 3 N–H and O–H groups in total. The fourth-order valence-corrected chi connectivity index (χ4v) is 1.89. The largest absolute Gasteiger partial charge is 0.366 e. The predicted molar refractivity (Wildman–Crippen MR) is 74.8 cm³/mol. The molecule has 0 unspecified atom stereocenters. The Bertz CT molecular complexity index is 741. The second-order valence-corrected chi connectivity index (χ2v) is 4.46. The van der Waals surface area contributed by atoms with Gasteiger partial charge in [-0.2, -0.15) is 0 Å². The van der Waals surface area contributed by atoms with Crippen LogP contribution in [0, 0.1) is 0 Å². The number of H-pyrrole nitrogens is 1. The van der Waals surface area contributed by atoms with Crippen LogP contribution in [0.4, 0.5) is 0 Å². The molecule has 6 nitrogen and oxygen atoms in total. The van der Waals surface area contributed by atoms with Crippen molar-refractivity contribution in [2.45, 2.75) is 19.9 Å². The molecule has 2 aromatic rings. The molecule has 0 atom stereocenters. The Hall–Kier alpha value is -2.63. The van der Waals surface area contributed by atoms with Gasteiger partial charge in [-0.05, 0) is 24.1 Å². The van der Waals surface area contributed by atoms with Crippen molar-refractivity contribution in [1.82, 2.24) is 9.55 Å². The Morgan fingerprint density at radius 1 is 1.25 bits per heavy atom. The van der Waals surface area contributed by atoms with Gasteiger partial charge in [0.15, 0.2) is 0 Å². The lowest BCUT2D eigenvalue weighted by molar-refractivity contribution is 0.100. The second-order valence-electron chi connectivity index (χ2n) is 4.46. The van der Waals surface area contributed by atoms with Crippen LogP contribution in [0.15, 0.2) is 40.1 Å². The van der Waals surface area contributed by atoms with Gasteiger partial charge in [-0.1, -0.05) is 19.1 Å². The highest BCUT2D eigenvalue weighted by Gasteiger charge is 2.05. The van der Waals surface area contributed by atoms with E-state index in [1.807, 2.05) is 6.92 Å². The highest BCUT2D eigenvalue weighted by Crippen LogP contribution is 2.05. The zero-order valence-corrected chi connectivity index (χ0v) is 11.1. The molecule has 0 spiro atoms. The Morgan fingerprint density at radius 3 is 2.45 bits per heavy atom. The first kappa shape index (κ1) is 13.8. The first-order chi connectivity index (χ1) is 9.51. The SMILES string of the molecule is CCc1cn(Cc2ccc(C(N)=O)cc2)c(=O)[nH]c1=O. The van der Waals surface area contributed by atoms with Crippen LogP contribution < -0.4 is 17.0 Å². The first-order valence-electron chi connectivity index (χ1n) is 6.22. The van der Waals surface area contributed by atoms with Crippen LogP contribution in [0.1, 0.15) is 28.4 Å². The van der Waals surface area contributed by atoms with Crippen LogP contribution in [0.25, 0.3) is 0 Å². The molecular weight excluding hydrogens is 258 g/mol. The smallest absolute Gasteiger partial charge is 0.328 e. The number of rotatable bonds is 4. The van der Waals surface area contributed by atoms with Crippen molar-refractivity contribution in [1.29, 1.82) is 0 Å². The summed E-state index contributed by atoms with van der Waals surface area (Å²) in [5.41, 5.74) is 6.17. The number of nitrogens with two attached hydrogens (primary N) is 1. The van der Waals surface area contributed by atoms with E-state index >= 15 is 0 Å². The lowest BCUT2D eigenvalue weighted by Gasteiger charge is -2.07. The average molecular weight is 273 g/mol. The molecule has 2 rings (SSSR count). The van der Waals surface area contributed by atoms with Gasteiger partial charge in [0, 0.05) is 17.3 Å². The second kappa shape index (κ2) is 5.56. The zero-order valence-electron chi connectivity index (χ0n) is 11.1. The summed E-state index contributed by atoms with van der Waals surface area (Å²) in [7, 11) is 0. The number of primary amides is 1. The first-order valence-corrected chi connectivity index (χ1v) is 6.22. The number of carbonyl (C=O) groups excluding carboxylic acids is 1. The van der Waals surface area contributed by atoms with Crippen LogP contribution >= 0.6 is 0 Å². The topological polar surface area (TPSA) is 97.9 Å². The monoisotopic (exact) mass is 273 g/mol. The molecule has 0 radical (unpaired) electrons. The van der Waals surface area contributed by atoms with Crippen LogP contribution in [0.3, 0.4) is 0 Å². The summed E-state index contributed by atoms with van der Waals surface area (Å²) in [5, 5.41) is 0. The molecule has 0 aliphatic rings. The van der Waals surface area contributed by atoms with E-state index in [4.69, 9.17) is 5.73 Å². The average Bonchev–Trinajstić information content (AvgIpc) is 2.42. The minimum Gasteiger partial charge on any atom is -0.366 e. The van der Waals surface area contributed by atoms with E-state index in [0.717, 1.165) is 5.56 Å². The number of amides is 1. The number of carbonyl (C=O) groups is 1. The van der Waals surface area contributed by atoms with Gasteiger partial charge in [0.1, 0.15) is 0 Å². The molecule has 0 saturated heterocycles. The predicted octanol–water partition coefficient (Wildman–Crippen LogP) is 0.246. The molecule has 1 aromatic heterocycles. The lowest BCUT2D eigenvalue weighted by Crippen LogP contribution is -2.31. The number of aromatic nitrogens is 2. The summed E-state index contributed by atoms with van der Waals surface area (Å²) in [6, 6.07) is 6.66. The molecule has 1 heterocycles. The van der Waals surface area contributed by atoms with Crippen molar-refractivity contribution in [3.8, 4) is 0 Å². The molecule has 0 bridgehead atoms. The molecule has 1 aromatic carbocycles. The Morgan fingerprint density at radius 2 is 1.90 bits per heavy atom. The fourth-order valence-electron chi connectivity index (χ4n) is 1.89. The van der Waals surface area contributed by atoms with Crippen molar-refractivity contribution in [3.05, 3.63) is 68.0 Å². The van der Waals surface area contributed by atoms with Crippen molar-refractivity contribution < 1.29 is 4.79 Å².